The van der Waals surface area contributed by atoms with Crippen molar-refractivity contribution in [2.24, 2.45) is 0 Å². The maximum atomic E-state index is 8.48. The van der Waals surface area contributed by atoms with Crippen molar-refractivity contribution in [1.82, 2.24) is 0 Å². The van der Waals surface area contributed by atoms with Crippen molar-refractivity contribution in [2.45, 2.75) is 0 Å². The van der Waals surface area contributed by atoms with Crippen LogP contribution in [0.2, 0.25) is 0 Å². The summed E-state index contributed by atoms with van der Waals surface area (Å²) < 4.78 is 8.48. The molecule has 3 nitrogen and oxygen atoms in total. The van der Waals surface area contributed by atoms with Crippen molar-refractivity contribution in [3.05, 3.63) is 0 Å². The molecule has 0 fully saturated rings. The third-order valence-electron chi connectivity index (χ3n) is 0. The Kier molecular flexibility index (Phi) is 8.30. The molecule has 5 heteroatoms. The first-order chi connectivity index (χ1) is 1.73. The maximum absolute atomic E-state index is 8.48. The van der Waals surface area contributed by atoms with Gasteiger partial charge in [-0.3, -0.25) is 0 Å². The normalized spacial score (nSPS) is 5.20. The van der Waals surface area contributed by atoms with Crippen LogP contribution in [0.15, 0.2) is 0 Å². The Balaban J connectivity index is 0. The molecule has 0 aromatic carbocycles. The largest absolute Gasteiger partial charge is 2.00 e. The predicted molar refractivity (Wildman–Crippen MR) is 7.61 cm³/mol. The van der Waals surface area contributed by atoms with Crippen LogP contribution in [0.5, 0.6) is 0 Å². The molecule has 0 spiro atoms. The summed E-state index contributed by atoms with van der Waals surface area (Å²) in [5.74, 6) is 0. The molecule has 0 rings (SSSR count). The van der Waals surface area contributed by atoms with E-state index in [0.717, 1.165) is 0 Å². The van der Waals surface area contributed by atoms with Gasteiger partial charge in [0.05, 0.1) is 0 Å². The standard InChI is InChI=1S/Cr.HO3P/c;1-4(2)3/h;(H,1,2,3)/q+2;/p-1. The van der Waals surface area contributed by atoms with E-state index in [1.54, 1.807) is 0 Å². The molecule has 0 saturated carbocycles. The minimum atomic E-state index is -3.37. The summed E-state index contributed by atoms with van der Waals surface area (Å²) in [5, 5.41) is 0. The van der Waals surface area contributed by atoms with Gasteiger partial charge < -0.3 is 9.79 Å². The van der Waals surface area contributed by atoms with E-state index in [-0.39, 0.29) is 17.4 Å². The van der Waals surface area contributed by atoms with Crippen LogP contribution in [0.4, 0.5) is 0 Å². The second kappa shape index (κ2) is 4.55. The monoisotopic (exact) mass is 131 g/mol. The molecule has 0 radical (unpaired) electrons. The molecule has 0 unspecified atom stereocenters. The fourth-order valence-corrected chi connectivity index (χ4v) is 0. The van der Waals surface area contributed by atoms with Gasteiger partial charge in [0.2, 0.25) is 0 Å². The molecule has 0 heterocycles. The number of hydrogen-bond acceptors (Lipinski definition) is 3. The van der Waals surface area contributed by atoms with E-state index in [0.29, 0.717) is 0 Å². The van der Waals surface area contributed by atoms with Gasteiger partial charge in [-0.2, -0.15) is 0 Å². The quantitative estimate of drug-likeness (QED) is 0.370. The Labute approximate surface area is 40.7 Å². The molecule has 5 heavy (non-hydrogen) atoms. The first kappa shape index (κ1) is 9.12. The average Bonchev–Trinajstić information content (AvgIpc) is 0.811. The summed E-state index contributed by atoms with van der Waals surface area (Å²) in [6, 6.07) is 0. The van der Waals surface area contributed by atoms with E-state index in [1.807, 2.05) is 0 Å². The fraction of sp³-hybridized carbons (Fsp3) is 0. The Bertz CT molecular complexity index is 29.9. The molecule has 0 aromatic heterocycles. The molecule has 0 aliphatic rings. The molecule has 0 aromatic rings. The summed E-state index contributed by atoms with van der Waals surface area (Å²) in [6.07, 6.45) is 0. The molecule has 0 bridgehead atoms. The summed E-state index contributed by atoms with van der Waals surface area (Å²) in [6.45, 7) is 0. The fourth-order valence-electron chi connectivity index (χ4n) is 0. The van der Waals surface area contributed by atoms with Crippen LogP contribution in [0.3, 0.4) is 0 Å². The Morgan fingerprint density at radius 2 is 1.40 bits per heavy atom. The van der Waals surface area contributed by atoms with Crippen molar-refractivity contribution in [3.63, 3.8) is 0 Å². The van der Waals surface area contributed by atoms with Crippen molar-refractivity contribution in [2.75, 3.05) is 0 Å². The van der Waals surface area contributed by atoms with Crippen LogP contribution < -0.4 is 9.79 Å². The van der Waals surface area contributed by atoms with Gasteiger partial charge in [-0.15, -0.1) is 0 Å². The predicted octanol–water partition coefficient (Wildman–Crippen LogP) is -1.64. The molecule has 0 aliphatic carbocycles. The molecule has 0 aliphatic heterocycles. The van der Waals surface area contributed by atoms with Crippen molar-refractivity contribution in [1.29, 1.82) is 0 Å². The first-order valence-electron chi connectivity index (χ1n) is 0.548. The van der Waals surface area contributed by atoms with Crippen LogP contribution in [0.25, 0.3) is 0 Å². The smallest absolute Gasteiger partial charge is 0.598 e. The van der Waals surface area contributed by atoms with E-state index in [1.165, 1.54) is 0 Å². The minimum absolute atomic E-state index is 0. The third kappa shape index (κ3) is 97.2. The average molecular weight is 131 g/mol. The van der Waals surface area contributed by atoms with Gasteiger partial charge in [0.15, 0.2) is 0 Å². The molecule has 28 valence electrons. The van der Waals surface area contributed by atoms with Gasteiger partial charge >= 0.3 is 17.4 Å². The third-order valence-corrected chi connectivity index (χ3v) is 0. The van der Waals surface area contributed by atoms with Crippen molar-refractivity contribution < 1.29 is 31.7 Å². The topological polar surface area (TPSA) is 63.2 Å². The Morgan fingerprint density at radius 1 is 1.40 bits per heavy atom. The molecule has 0 atom stereocenters. The van der Waals surface area contributed by atoms with Crippen molar-refractivity contribution in [3.8, 4) is 0 Å². The first-order valence-corrected chi connectivity index (χ1v) is 1.64. The van der Waals surface area contributed by atoms with Gasteiger partial charge in [-0.25, -0.2) is 0 Å². The van der Waals surface area contributed by atoms with E-state index >= 15 is 0 Å². The molecular weight excluding hydrogens is 131 g/mol. The number of rotatable bonds is 0. The minimum Gasteiger partial charge on any atom is -0.598 e. The summed E-state index contributed by atoms with van der Waals surface area (Å²) in [7, 11) is -3.37. The Hall–Kier alpha value is 0.552. The van der Waals surface area contributed by atoms with Crippen LogP contribution in [0.1, 0.15) is 0 Å². The maximum Gasteiger partial charge on any atom is 2.00 e. The zero-order valence-electron chi connectivity index (χ0n) is 2.08. The number of hydrogen-bond donors (Lipinski definition) is 0. The van der Waals surface area contributed by atoms with Crippen LogP contribution >= 0.6 is 8.25 Å². The zero-order chi connectivity index (χ0) is 3.58. The molecule has 0 amide bonds. The molecular formula is CrO3P+. The van der Waals surface area contributed by atoms with Gasteiger partial charge in [0.25, 0.3) is 8.25 Å². The van der Waals surface area contributed by atoms with Gasteiger partial charge in [-0.05, 0) is 0 Å². The second-order valence-corrected chi connectivity index (χ2v) is 0.671. The molecule has 0 N–H and O–H groups in total. The van der Waals surface area contributed by atoms with Gasteiger partial charge in [0.1, 0.15) is 0 Å². The SMILES string of the molecule is O=[P+]([O-])[O-].[Cr+2]. The Morgan fingerprint density at radius 3 is 1.40 bits per heavy atom. The summed E-state index contributed by atoms with van der Waals surface area (Å²) in [5.41, 5.74) is 0. The van der Waals surface area contributed by atoms with Crippen molar-refractivity contribution >= 4 is 8.25 Å². The van der Waals surface area contributed by atoms with E-state index in [2.05, 4.69) is 0 Å². The van der Waals surface area contributed by atoms with Crippen LogP contribution in [-0.4, -0.2) is 0 Å². The van der Waals surface area contributed by atoms with E-state index in [4.69, 9.17) is 14.4 Å². The second-order valence-electron chi connectivity index (χ2n) is 0.224. The van der Waals surface area contributed by atoms with Gasteiger partial charge in [0, 0.05) is 0 Å². The van der Waals surface area contributed by atoms with E-state index in [9.17, 15) is 0 Å². The summed E-state index contributed by atoms with van der Waals surface area (Å²) >= 11 is 0. The van der Waals surface area contributed by atoms with Crippen LogP contribution in [0, 0.1) is 0 Å². The van der Waals surface area contributed by atoms with Gasteiger partial charge in [-0.1, -0.05) is 4.57 Å². The summed E-state index contributed by atoms with van der Waals surface area (Å²) in [4.78, 5) is 17.0. The van der Waals surface area contributed by atoms with Crippen LogP contribution in [-0.2, 0) is 21.9 Å². The molecule has 0 saturated heterocycles. The van der Waals surface area contributed by atoms with E-state index < -0.39 is 8.25 Å². The zero-order valence-corrected chi connectivity index (χ0v) is 4.25.